The molecule has 0 bridgehead atoms. The van der Waals surface area contributed by atoms with Crippen LogP contribution in [-0.4, -0.2) is 52.6 Å². The van der Waals surface area contributed by atoms with Crippen LogP contribution in [0.2, 0.25) is 0 Å². The van der Waals surface area contributed by atoms with Gasteiger partial charge < -0.3 is 9.47 Å². The summed E-state index contributed by atoms with van der Waals surface area (Å²) in [4.78, 5) is 17.0. The van der Waals surface area contributed by atoms with Gasteiger partial charge in [0.05, 0.1) is 36.9 Å². The topological polar surface area (TPSA) is 115 Å². The highest BCUT2D eigenvalue weighted by molar-refractivity contribution is 7.93. The second-order valence-corrected chi connectivity index (χ2v) is 12.6. The highest BCUT2D eigenvalue weighted by Gasteiger charge is 2.43. The molecule has 0 radical (unpaired) electrons. The molecule has 1 saturated heterocycles. The van der Waals surface area contributed by atoms with Crippen molar-refractivity contribution in [3.05, 3.63) is 53.9 Å². The van der Waals surface area contributed by atoms with Crippen LogP contribution in [0.1, 0.15) is 50.9 Å². The highest BCUT2D eigenvalue weighted by atomic mass is 32.2. The first-order valence-electron chi connectivity index (χ1n) is 11.2. The second kappa shape index (κ2) is 9.75. The maximum Gasteiger partial charge on any atom is 0.424 e. The van der Waals surface area contributed by atoms with Crippen molar-refractivity contribution in [2.45, 2.75) is 57.1 Å². The number of benzene rings is 1. The summed E-state index contributed by atoms with van der Waals surface area (Å²) >= 11 is -2.05. The van der Waals surface area contributed by atoms with E-state index in [1.807, 2.05) is 12.1 Å². The van der Waals surface area contributed by atoms with E-state index >= 15 is 0 Å². The summed E-state index contributed by atoms with van der Waals surface area (Å²) in [7, 11) is -2.05. The summed E-state index contributed by atoms with van der Waals surface area (Å²) in [6.07, 6.45) is 1.90. The molecule has 1 aliphatic carbocycles. The lowest BCUT2D eigenvalue weighted by molar-refractivity contribution is 0.0359. The summed E-state index contributed by atoms with van der Waals surface area (Å²) in [6.45, 7) is 5.18. The van der Waals surface area contributed by atoms with Gasteiger partial charge in [-0.15, -0.1) is 0 Å². The number of hydrogen-bond donors (Lipinski definition) is 0. The molecule has 1 aliphatic heterocycles. The standard InChI is InChI=1S/C23H29N3O7S2/c1-23(2,3)33-22(27)26-21(15-32-34(26)28)20-13-17(11-12-24-20)25(35(29,30)19-9-10-19)14-16-5-7-18(31-4)8-6-16/h5-8,11-13,19,21H,9-10,14-15H2,1-4H3. The summed E-state index contributed by atoms with van der Waals surface area (Å²) in [5, 5.41) is -0.432. The van der Waals surface area contributed by atoms with Crippen LogP contribution >= 0.6 is 0 Å². The first-order valence-corrected chi connectivity index (χ1v) is 13.7. The molecule has 4 rings (SSSR count). The van der Waals surface area contributed by atoms with Gasteiger partial charge in [-0.25, -0.2) is 17.4 Å². The van der Waals surface area contributed by atoms with Crippen LogP contribution in [0.4, 0.5) is 10.5 Å². The molecule has 35 heavy (non-hydrogen) atoms. The minimum absolute atomic E-state index is 0.0594. The summed E-state index contributed by atoms with van der Waals surface area (Å²) < 4.78 is 57.3. The fraction of sp³-hybridized carbons (Fsp3) is 0.478. The Kier molecular flexibility index (Phi) is 7.07. The zero-order chi connectivity index (χ0) is 25.4. The minimum Gasteiger partial charge on any atom is -0.497 e. The van der Waals surface area contributed by atoms with Crippen LogP contribution < -0.4 is 9.04 Å². The lowest BCUT2D eigenvalue weighted by Gasteiger charge is -2.27. The van der Waals surface area contributed by atoms with Gasteiger partial charge in [0, 0.05) is 6.20 Å². The average molecular weight is 524 g/mol. The van der Waals surface area contributed by atoms with Crippen LogP contribution in [0.3, 0.4) is 0 Å². The smallest absolute Gasteiger partial charge is 0.424 e. The number of aromatic nitrogens is 1. The maximum atomic E-state index is 13.4. The molecule has 1 saturated carbocycles. The fourth-order valence-electron chi connectivity index (χ4n) is 3.60. The van der Waals surface area contributed by atoms with Gasteiger partial charge in [0.15, 0.2) is 0 Å². The third kappa shape index (κ3) is 5.76. The van der Waals surface area contributed by atoms with Crippen molar-refractivity contribution in [2.75, 3.05) is 18.0 Å². The van der Waals surface area contributed by atoms with Crippen molar-refractivity contribution in [1.29, 1.82) is 0 Å². The zero-order valence-electron chi connectivity index (χ0n) is 20.0. The van der Waals surface area contributed by atoms with Crippen LogP contribution in [0.25, 0.3) is 0 Å². The number of carbonyl (C=O) groups excluding carboxylic acids is 1. The molecule has 1 aromatic heterocycles. The number of ether oxygens (including phenoxy) is 2. The Bertz CT molecular complexity index is 1210. The SMILES string of the molecule is COc1ccc(CN(c2ccnc(C3COS(=O)N3C(=O)OC(C)(C)C)c2)S(=O)(=O)C2CC2)cc1. The Morgan fingerprint density at radius 2 is 1.91 bits per heavy atom. The number of methoxy groups -OCH3 is 1. The van der Waals surface area contributed by atoms with Gasteiger partial charge in [-0.2, -0.15) is 4.31 Å². The van der Waals surface area contributed by atoms with Gasteiger partial charge in [0.2, 0.25) is 10.0 Å². The Hall–Kier alpha value is -2.70. The first-order chi connectivity index (χ1) is 16.5. The van der Waals surface area contributed by atoms with E-state index in [0.717, 1.165) is 9.87 Å². The van der Waals surface area contributed by atoms with Crippen molar-refractivity contribution < 1.29 is 31.1 Å². The number of hydrogen-bond acceptors (Lipinski definition) is 8. The Morgan fingerprint density at radius 1 is 1.23 bits per heavy atom. The third-order valence-electron chi connectivity index (χ3n) is 5.48. The Labute approximate surface area is 208 Å². The van der Waals surface area contributed by atoms with E-state index in [9.17, 15) is 17.4 Å². The van der Waals surface area contributed by atoms with Gasteiger partial charge in [0.25, 0.3) is 11.3 Å². The normalized spacial score (nSPS) is 20.5. The highest BCUT2D eigenvalue weighted by Crippen LogP contribution is 2.37. The number of nitrogens with zero attached hydrogens (tertiary/aromatic N) is 3. The molecule has 12 heteroatoms. The number of pyridine rings is 1. The largest absolute Gasteiger partial charge is 0.497 e. The third-order valence-corrected chi connectivity index (χ3v) is 8.81. The molecule has 2 aliphatic rings. The van der Waals surface area contributed by atoms with E-state index in [-0.39, 0.29) is 13.2 Å². The molecule has 2 atom stereocenters. The van der Waals surface area contributed by atoms with E-state index < -0.39 is 44.3 Å². The fourth-order valence-corrected chi connectivity index (χ4v) is 6.32. The number of sulfonamides is 1. The average Bonchev–Trinajstić information content (AvgIpc) is 3.59. The van der Waals surface area contributed by atoms with Gasteiger partial charge in [-0.05, 0) is 63.4 Å². The number of amides is 1. The lowest BCUT2D eigenvalue weighted by Crippen LogP contribution is -2.37. The van der Waals surface area contributed by atoms with Crippen molar-refractivity contribution >= 4 is 33.1 Å². The number of anilines is 1. The first kappa shape index (κ1) is 25.4. The van der Waals surface area contributed by atoms with Crippen molar-refractivity contribution in [2.24, 2.45) is 0 Å². The molecule has 0 N–H and O–H groups in total. The van der Waals surface area contributed by atoms with Gasteiger partial charge in [-0.1, -0.05) is 12.1 Å². The molecule has 2 heterocycles. The lowest BCUT2D eigenvalue weighted by atomic mass is 10.1. The monoisotopic (exact) mass is 523 g/mol. The number of rotatable bonds is 7. The predicted molar refractivity (Wildman–Crippen MR) is 130 cm³/mol. The van der Waals surface area contributed by atoms with Crippen LogP contribution in [0, 0.1) is 0 Å². The van der Waals surface area contributed by atoms with E-state index in [2.05, 4.69) is 4.98 Å². The zero-order valence-corrected chi connectivity index (χ0v) is 21.7. The molecular formula is C23H29N3O7S2. The van der Waals surface area contributed by atoms with Crippen LogP contribution in [0.15, 0.2) is 42.6 Å². The molecule has 0 spiro atoms. The molecule has 10 nitrogen and oxygen atoms in total. The van der Waals surface area contributed by atoms with Crippen LogP contribution in [0.5, 0.6) is 5.75 Å². The van der Waals surface area contributed by atoms with E-state index in [1.54, 1.807) is 52.1 Å². The Balaban J connectivity index is 1.66. The van der Waals surface area contributed by atoms with Gasteiger partial charge in [-0.3, -0.25) is 13.5 Å². The summed E-state index contributed by atoms with van der Waals surface area (Å²) in [5.74, 6) is 0.674. The van der Waals surface area contributed by atoms with E-state index in [0.29, 0.717) is 30.0 Å². The molecule has 2 fully saturated rings. The molecule has 1 amide bonds. The van der Waals surface area contributed by atoms with Crippen LogP contribution in [-0.2, 0) is 36.8 Å². The molecule has 190 valence electrons. The predicted octanol–water partition coefficient (Wildman–Crippen LogP) is 3.48. The van der Waals surface area contributed by atoms with E-state index in [1.165, 1.54) is 10.5 Å². The summed E-state index contributed by atoms with van der Waals surface area (Å²) in [6, 6.07) is 9.59. The molecule has 1 aromatic carbocycles. The molecule has 2 aromatic rings. The van der Waals surface area contributed by atoms with Gasteiger partial charge in [0.1, 0.15) is 17.4 Å². The van der Waals surface area contributed by atoms with Gasteiger partial charge >= 0.3 is 6.09 Å². The van der Waals surface area contributed by atoms with E-state index in [4.69, 9.17) is 13.7 Å². The maximum absolute atomic E-state index is 13.4. The Morgan fingerprint density at radius 3 is 2.51 bits per heavy atom. The molecular weight excluding hydrogens is 494 g/mol. The quantitative estimate of drug-likeness (QED) is 0.542. The van der Waals surface area contributed by atoms with Crippen molar-refractivity contribution in [3.8, 4) is 5.75 Å². The minimum atomic E-state index is -3.62. The second-order valence-electron chi connectivity index (χ2n) is 9.36. The van der Waals surface area contributed by atoms with Crippen molar-refractivity contribution in [1.82, 2.24) is 9.29 Å². The molecule has 2 unspecified atom stereocenters. The summed E-state index contributed by atoms with van der Waals surface area (Å²) in [5.41, 5.74) is 0.746. The van der Waals surface area contributed by atoms with Crippen molar-refractivity contribution in [3.63, 3.8) is 0 Å². The number of carbonyl (C=O) groups is 1.